The third kappa shape index (κ3) is 4.83. The van der Waals surface area contributed by atoms with Crippen molar-refractivity contribution in [1.29, 1.82) is 0 Å². The number of hydrogen-bond acceptors (Lipinski definition) is 2. The molecule has 0 aliphatic carbocycles. The topological polar surface area (TPSA) is 15.3 Å². The van der Waals surface area contributed by atoms with Gasteiger partial charge in [-0.3, -0.25) is 0 Å². The van der Waals surface area contributed by atoms with Crippen LogP contribution in [0.25, 0.3) is 76.2 Å². The van der Waals surface area contributed by atoms with Gasteiger partial charge < -0.3 is 18.6 Å². The Morgan fingerprint density at radius 1 is 0.339 bits per heavy atom. The Morgan fingerprint density at radius 2 is 0.661 bits per heavy atom. The number of aromatic nitrogens is 2. The van der Waals surface area contributed by atoms with Crippen molar-refractivity contribution in [3.8, 4) is 0 Å². The molecular formula is C58H42N4. The van der Waals surface area contributed by atoms with Gasteiger partial charge in [-0.25, -0.2) is 0 Å². The molecule has 4 heteroatoms. The van der Waals surface area contributed by atoms with Gasteiger partial charge in [0.1, 0.15) is 0 Å². The molecule has 0 amide bonds. The lowest BCUT2D eigenvalue weighted by molar-refractivity contribution is 1.28. The molecule has 0 N–H and O–H groups in total. The quantitative estimate of drug-likeness (QED) is 0.166. The molecular weight excluding hydrogens is 753 g/mol. The number of para-hydroxylation sites is 2. The highest BCUT2D eigenvalue weighted by atomic mass is 15.2. The van der Waals surface area contributed by atoms with Gasteiger partial charge in [-0.15, -0.1) is 0 Å². The van der Waals surface area contributed by atoms with E-state index in [-0.39, 0.29) is 124 Å². The summed E-state index contributed by atoms with van der Waals surface area (Å²) in [5, 5.41) is 0.454. The second-order valence-electron chi connectivity index (χ2n) is 16.2. The highest BCUT2D eigenvalue weighted by Crippen LogP contribution is 2.51. The Morgan fingerprint density at radius 3 is 1.00 bits per heavy atom. The molecule has 0 saturated carbocycles. The molecule has 294 valence electrons. The first-order valence-corrected chi connectivity index (χ1v) is 20.5. The lowest BCUT2D eigenvalue weighted by Crippen LogP contribution is -2.10. The van der Waals surface area contributed by atoms with E-state index >= 15 is 0 Å². The van der Waals surface area contributed by atoms with Crippen molar-refractivity contribution in [3.05, 3.63) is 204 Å². The summed E-state index contributed by atoms with van der Waals surface area (Å²) >= 11 is 0. The number of rotatable bonds is 6. The summed E-state index contributed by atoms with van der Waals surface area (Å²) < 4.78 is 139. The number of fused-ring (bicyclic) bond motifs is 12. The fourth-order valence-corrected chi connectivity index (χ4v) is 9.33. The van der Waals surface area contributed by atoms with Crippen LogP contribution in [-0.4, -0.2) is 8.80 Å². The van der Waals surface area contributed by atoms with Gasteiger partial charge in [-0.05, 0) is 112 Å². The molecule has 0 aliphatic rings. The predicted octanol–water partition coefficient (Wildman–Crippen LogP) is 16.2. The van der Waals surface area contributed by atoms with E-state index in [1.165, 1.54) is 8.80 Å². The van der Waals surface area contributed by atoms with E-state index in [0.717, 1.165) is 22.3 Å². The van der Waals surface area contributed by atoms with Crippen LogP contribution in [0.5, 0.6) is 0 Å². The molecule has 0 fully saturated rings. The standard InChI is InChI=1S/C58H42N4/c1-35-13-21-39(22-14-35)59(40-23-15-36(2)16-24-40)51-31-29-43-47-33-54-48(34-53(47)61-49-11-7-5-9-45(49)55(51)57(43)61)44-30-32-52(56-46-10-6-8-12-50(46)62(54)58(44)56)60(41-25-17-37(3)18-26-41)42-27-19-38(4)20-28-42/h5-34H,1-4H3/i5D,6D,7D,8D,9D,10D,11D,12D,29D,30D,31D,32D,33D,34D. The van der Waals surface area contributed by atoms with Gasteiger partial charge in [0.15, 0.2) is 0 Å². The minimum Gasteiger partial charge on any atom is -0.310 e. The Kier molecular flexibility index (Phi) is 4.94. The Labute approximate surface area is 379 Å². The van der Waals surface area contributed by atoms with Gasteiger partial charge in [0.2, 0.25) is 0 Å². The molecule has 62 heavy (non-hydrogen) atoms. The number of aryl methyl sites for hydroxylation is 4. The van der Waals surface area contributed by atoms with E-state index < -0.39 is 48.3 Å². The summed E-state index contributed by atoms with van der Waals surface area (Å²) in [5.74, 6) is 0. The highest BCUT2D eigenvalue weighted by Gasteiger charge is 2.28. The van der Waals surface area contributed by atoms with Crippen molar-refractivity contribution in [2.45, 2.75) is 27.7 Å². The van der Waals surface area contributed by atoms with E-state index in [2.05, 4.69) is 0 Å². The van der Waals surface area contributed by atoms with Gasteiger partial charge in [0.25, 0.3) is 0 Å². The molecule has 13 aromatic rings. The maximum atomic E-state index is 10.5. The minimum absolute atomic E-state index is 0.0113. The van der Waals surface area contributed by atoms with Crippen molar-refractivity contribution in [1.82, 2.24) is 8.80 Å². The summed E-state index contributed by atoms with van der Waals surface area (Å²) in [4.78, 5) is 3.58. The third-order valence-electron chi connectivity index (χ3n) is 12.3. The van der Waals surface area contributed by atoms with E-state index in [1.54, 1.807) is 9.80 Å². The Balaban J connectivity index is 1.29. The van der Waals surface area contributed by atoms with Crippen LogP contribution < -0.4 is 9.80 Å². The lowest BCUT2D eigenvalue weighted by Gasteiger charge is -2.27. The number of hydrogen-bond donors (Lipinski definition) is 0. The van der Waals surface area contributed by atoms with Crippen molar-refractivity contribution in [2.24, 2.45) is 0 Å². The van der Waals surface area contributed by atoms with Gasteiger partial charge in [-0.1, -0.05) is 119 Å². The van der Waals surface area contributed by atoms with Gasteiger partial charge in [-0.2, -0.15) is 0 Å². The maximum absolute atomic E-state index is 10.5. The second kappa shape index (κ2) is 12.8. The normalized spacial score (nSPS) is 15.4. The van der Waals surface area contributed by atoms with Gasteiger partial charge in [0.05, 0.1) is 63.7 Å². The average Bonchev–Trinajstić information content (AvgIpc) is 4.24. The lowest BCUT2D eigenvalue weighted by atomic mass is 10.0. The first-order chi connectivity index (χ1) is 36.3. The third-order valence-corrected chi connectivity index (χ3v) is 12.3. The fourth-order valence-electron chi connectivity index (χ4n) is 9.33. The Hall–Kier alpha value is -7.82. The zero-order valence-corrected chi connectivity index (χ0v) is 34.0. The molecule has 0 spiro atoms. The van der Waals surface area contributed by atoms with Gasteiger partial charge in [0, 0.05) is 65.8 Å². The van der Waals surface area contributed by atoms with Crippen LogP contribution in [0.2, 0.25) is 0 Å². The van der Waals surface area contributed by atoms with Crippen LogP contribution in [0, 0.1) is 27.7 Å². The van der Waals surface area contributed by atoms with E-state index in [1.807, 2.05) is 125 Å². The van der Waals surface area contributed by atoms with Crippen LogP contribution in [0.4, 0.5) is 34.1 Å². The number of anilines is 6. The number of nitrogens with zero attached hydrogens (tertiary/aromatic N) is 4. The molecule has 4 heterocycles. The minimum atomic E-state index is -0.564. The van der Waals surface area contributed by atoms with Crippen LogP contribution in [0.15, 0.2) is 182 Å². The van der Waals surface area contributed by atoms with Crippen LogP contribution in [0.1, 0.15) is 41.4 Å². The smallest absolute Gasteiger partial charge is 0.0653 e. The summed E-state index contributed by atoms with van der Waals surface area (Å²) in [5.41, 5.74) is 6.66. The monoisotopic (exact) mass is 808 g/mol. The van der Waals surface area contributed by atoms with E-state index in [9.17, 15) is 13.7 Å². The molecule has 0 atom stereocenters. The van der Waals surface area contributed by atoms with Gasteiger partial charge >= 0.3 is 0 Å². The first-order valence-electron chi connectivity index (χ1n) is 27.5. The molecule has 0 aliphatic heterocycles. The summed E-state index contributed by atoms with van der Waals surface area (Å²) in [7, 11) is 0. The molecule has 0 bridgehead atoms. The van der Waals surface area contributed by atoms with Crippen molar-refractivity contribution in [2.75, 3.05) is 9.80 Å². The molecule has 13 rings (SSSR count). The Bertz CT molecular complexity index is 4310. The average molecular weight is 809 g/mol. The summed E-state index contributed by atoms with van der Waals surface area (Å²) in [6.45, 7) is 7.77. The van der Waals surface area contributed by atoms with Crippen LogP contribution >= 0.6 is 0 Å². The fraction of sp³-hybridized carbons (Fsp3) is 0.0690. The van der Waals surface area contributed by atoms with Crippen LogP contribution in [0.3, 0.4) is 0 Å². The maximum Gasteiger partial charge on any atom is 0.0653 e. The zero-order chi connectivity index (χ0) is 53.6. The van der Waals surface area contributed by atoms with E-state index in [0.29, 0.717) is 22.7 Å². The SMILES string of the molecule is [2H]c1c([2H])c([2H])c2c(c1[2H])c1c(N(c3ccc(C)cc3)c3ccc(C)cc3)c([2H])c([2H])c3c4c([2H])c5c(c([2H])c4n2c31)c1c([2H])c([2H])c(N(c2ccc(C)cc2)c2ccc(C)cc2)c2c3c([2H])c([2H])c([2H])c([2H])c3n5c12. The molecule has 4 nitrogen and oxygen atoms in total. The second-order valence-corrected chi connectivity index (χ2v) is 16.2. The summed E-state index contributed by atoms with van der Waals surface area (Å²) in [6, 6.07) is 24.3. The van der Waals surface area contributed by atoms with E-state index in [4.69, 9.17) is 5.48 Å². The zero-order valence-electron chi connectivity index (χ0n) is 48.0. The predicted molar refractivity (Wildman–Crippen MR) is 264 cm³/mol. The number of benzene rings is 9. The molecule has 4 aromatic heterocycles. The molecule has 9 aromatic carbocycles. The largest absolute Gasteiger partial charge is 0.310 e. The molecule has 0 radical (unpaired) electrons. The van der Waals surface area contributed by atoms with Crippen LogP contribution in [-0.2, 0) is 0 Å². The van der Waals surface area contributed by atoms with Crippen molar-refractivity contribution < 1.29 is 19.2 Å². The first kappa shape index (κ1) is 23.8. The summed E-state index contributed by atoms with van der Waals surface area (Å²) in [6.07, 6.45) is 0. The van der Waals surface area contributed by atoms with Crippen molar-refractivity contribution >= 4 is 110 Å². The highest BCUT2D eigenvalue weighted by molar-refractivity contribution is 6.32. The molecule has 0 unspecified atom stereocenters. The van der Waals surface area contributed by atoms with Crippen molar-refractivity contribution in [3.63, 3.8) is 0 Å². The molecule has 0 saturated heterocycles.